The van der Waals surface area contributed by atoms with E-state index in [1.807, 2.05) is 12.1 Å². The first kappa shape index (κ1) is 26.9. The highest BCUT2D eigenvalue weighted by Gasteiger charge is 2.33. The van der Waals surface area contributed by atoms with E-state index in [2.05, 4.69) is 24.2 Å². The molecule has 1 unspecified atom stereocenters. The number of amides is 1. The van der Waals surface area contributed by atoms with Crippen molar-refractivity contribution in [2.24, 2.45) is 18.9 Å². The summed E-state index contributed by atoms with van der Waals surface area (Å²) < 4.78 is 18.6. The van der Waals surface area contributed by atoms with Gasteiger partial charge in [0, 0.05) is 26.6 Å². The molecule has 10 nitrogen and oxygen atoms in total. The average Bonchev–Trinajstić information content (AvgIpc) is 3.69. The Morgan fingerprint density at radius 2 is 2.00 bits per heavy atom. The van der Waals surface area contributed by atoms with Crippen LogP contribution in [0.5, 0.6) is 5.75 Å². The zero-order valence-electron chi connectivity index (χ0n) is 22.6. The zero-order valence-corrected chi connectivity index (χ0v) is 22.6. The summed E-state index contributed by atoms with van der Waals surface area (Å²) in [7, 11) is 4.97. The fourth-order valence-electron chi connectivity index (χ4n) is 4.80. The van der Waals surface area contributed by atoms with Gasteiger partial charge in [-0.15, -0.1) is 5.10 Å². The van der Waals surface area contributed by atoms with Gasteiger partial charge in [0.1, 0.15) is 23.7 Å². The third-order valence-electron chi connectivity index (χ3n) is 7.42. The predicted octanol–water partition coefficient (Wildman–Crippen LogP) is 4.48. The molecular formula is C27H39N5O5. The van der Waals surface area contributed by atoms with Crippen LogP contribution in [0.25, 0.3) is 11.4 Å². The lowest BCUT2D eigenvalue weighted by Crippen LogP contribution is -2.31. The lowest BCUT2D eigenvalue weighted by Gasteiger charge is -2.28. The van der Waals surface area contributed by atoms with Crippen LogP contribution in [0.2, 0.25) is 0 Å². The molecule has 0 bridgehead atoms. The number of rotatable bonds is 10. The number of aromatic nitrogens is 4. The molecular weight excluding hydrogens is 474 g/mol. The number of carbonyl (C=O) groups is 2. The molecule has 2 aliphatic rings. The molecule has 0 N–H and O–H groups in total. The summed E-state index contributed by atoms with van der Waals surface area (Å²) in [6, 6.07) is 3.83. The van der Waals surface area contributed by atoms with Gasteiger partial charge in [-0.25, -0.2) is 14.5 Å². The Hall–Kier alpha value is -3.17. The highest BCUT2D eigenvalue weighted by Crippen LogP contribution is 2.45. The van der Waals surface area contributed by atoms with Gasteiger partial charge in [0.25, 0.3) is 0 Å². The number of nitrogens with zero attached hydrogens (tertiary/aromatic N) is 5. The molecule has 10 heteroatoms. The molecule has 4 rings (SSSR count). The summed E-state index contributed by atoms with van der Waals surface area (Å²) in [5.41, 5.74) is 2.87. The van der Waals surface area contributed by atoms with Crippen molar-refractivity contribution in [3.05, 3.63) is 23.5 Å². The second kappa shape index (κ2) is 11.9. The molecule has 2 saturated carbocycles. The van der Waals surface area contributed by atoms with E-state index in [0.29, 0.717) is 41.9 Å². The van der Waals surface area contributed by atoms with Gasteiger partial charge in [-0.05, 0) is 56.6 Å². The van der Waals surface area contributed by atoms with Crippen molar-refractivity contribution in [2.45, 2.75) is 77.4 Å². The van der Waals surface area contributed by atoms with Crippen LogP contribution in [0.15, 0.2) is 12.1 Å². The van der Waals surface area contributed by atoms with Gasteiger partial charge in [-0.2, -0.15) is 0 Å². The lowest BCUT2D eigenvalue weighted by molar-refractivity contribution is -0.147. The van der Waals surface area contributed by atoms with Crippen molar-refractivity contribution in [1.82, 2.24) is 24.9 Å². The number of hydrogen-bond donors (Lipinski definition) is 0. The van der Waals surface area contributed by atoms with Crippen LogP contribution in [-0.2, 0) is 27.9 Å². The number of hydrogen-bond acceptors (Lipinski definition) is 8. The van der Waals surface area contributed by atoms with Crippen LogP contribution in [0.4, 0.5) is 4.79 Å². The van der Waals surface area contributed by atoms with Crippen LogP contribution < -0.4 is 4.74 Å². The molecule has 2 aromatic rings. The third kappa shape index (κ3) is 6.59. The molecule has 0 aromatic carbocycles. The minimum absolute atomic E-state index is 0.0399. The molecule has 0 radical (unpaired) electrons. The monoisotopic (exact) mass is 513 g/mol. The predicted molar refractivity (Wildman–Crippen MR) is 137 cm³/mol. The summed E-state index contributed by atoms with van der Waals surface area (Å²) in [6.07, 6.45) is 6.05. The second-order valence-electron chi connectivity index (χ2n) is 10.4. The Morgan fingerprint density at radius 1 is 1.22 bits per heavy atom. The molecule has 2 heterocycles. The quantitative estimate of drug-likeness (QED) is 0.428. The zero-order chi connectivity index (χ0) is 26.5. The third-order valence-corrected chi connectivity index (χ3v) is 7.42. The van der Waals surface area contributed by atoms with E-state index in [1.165, 1.54) is 7.11 Å². The number of pyridine rings is 1. The van der Waals surface area contributed by atoms with E-state index in [0.717, 1.165) is 50.0 Å². The molecule has 2 aromatic heterocycles. The number of esters is 1. The Kier molecular flexibility index (Phi) is 8.66. The number of aryl methyl sites for hydroxylation is 1. The van der Waals surface area contributed by atoms with Crippen LogP contribution in [-0.4, -0.2) is 63.7 Å². The van der Waals surface area contributed by atoms with E-state index in [9.17, 15) is 9.59 Å². The SMILES string of the molecule is CCC(C)CN(C)C(=O)OCc1c(-c2ccc(O[C@H]3CCC[C@H](C(=O)OC)C3)c(C3CC3)n2)nnn1C. The summed E-state index contributed by atoms with van der Waals surface area (Å²) in [6.45, 7) is 4.90. The van der Waals surface area contributed by atoms with Crippen molar-refractivity contribution in [3.8, 4) is 17.1 Å². The fourth-order valence-corrected chi connectivity index (χ4v) is 4.80. The standard InChI is InChI=1S/C27H39N5O5/c1-6-17(2)15-31(3)27(34)36-16-22-25(29-30-32(22)4)21-12-13-23(24(28-21)18-10-11-18)37-20-9-7-8-19(14-20)26(33)35-5/h12-13,17-20H,6-11,14-16H2,1-5H3/t17?,19-,20-/m0/s1. The molecule has 0 aliphatic heterocycles. The van der Waals surface area contributed by atoms with Crippen molar-refractivity contribution in [1.29, 1.82) is 0 Å². The Morgan fingerprint density at radius 3 is 2.70 bits per heavy atom. The van der Waals surface area contributed by atoms with Crippen molar-refractivity contribution >= 4 is 12.1 Å². The average molecular weight is 514 g/mol. The summed E-state index contributed by atoms with van der Waals surface area (Å²) in [4.78, 5) is 31.1. The van der Waals surface area contributed by atoms with Crippen LogP contribution in [0.1, 0.15) is 76.1 Å². The minimum Gasteiger partial charge on any atom is -0.488 e. The molecule has 2 fully saturated rings. The van der Waals surface area contributed by atoms with Gasteiger partial charge in [0.2, 0.25) is 0 Å². The van der Waals surface area contributed by atoms with Gasteiger partial charge in [-0.1, -0.05) is 25.5 Å². The fraction of sp³-hybridized carbons (Fsp3) is 0.667. The maximum atomic E-state index is 12.5. The molecule has 0 spiro atoms. The van der Waals surface area contributed by atoms with Crippen LogP contribution in [0, 0.1) is 11.8 Å². The molecule has 3 atom stereocenters. The number of carbonyl (C=O) groups excluding carboxylic acids is 2. The summed E-state index contributed by atoms with van der Waals surface area (Å²) in [5, 5.41) is 8.49. The number of ether oxygens (including phenoxy) is 3. The first-order valence-corrected chi connectivity index (χ1v) is 13.3. The van der Waals surface area contributed by atoms with Crippen molar-refractivity contribution in [3.63, 3.8) is 0 Å². The molecule has 202 valence electrons. The van der Waals surface area contributed by atoms with Gasteiger partial charge in [-0.3, -0.25) is 4.79 Å². The molecule has 37 heavy (non-hydrogen) atoms. The highest BCUT2D eigenvalue weighted by atomic mass is 16.6. The van der Waals surface area contributed by atoms with Crippen LogP contribution >= 0.6 is 0 Å². The largest absolute Gasteiger partial charge is 0.488 e. The van der Waals surface area contributed by atoms with E-state index in [1.54, 1.807) is 23.7 Å². The first-order valence-electron chi connectivity index (χ1n) is 13.3. The van der Waals surface area contributed by atoms with E-state index in [-0.39, 0.29) is 30.7 Å². The molecule has 1 amide bonds. The molecule has 2 aliphatic carbocycles. The van der Waals surface area contributed by atoms with Crippen LogP contribution in [0.3, 0.4) is 0 Å². The Balaban J connectivity index is 1.48. The maximum absolute atomic E-state index is 12.5. The topological polar surface area (TPSA) is 109 Å². The normalized spacial score (nSPS) is 20.2. The second-order valence-corrected chi connectivity index (χ2v) is 10.4. The van der Waals surface area contributed by atoms with Crippen molar-refractivity contribution < 1.29 is 23.8 Å². The van der Waals surface area contributed by atoms with Gasteiger partial charge in [0.05, 0.1) is 30.5 Å². The smallest absolute Gasteiger partial charge is 0.409 e. The highest BCUT2D eigenvalue weighted by molar-refractivity contribution is 5.72. The van der Waals surface area contributed by atoms with E-state index >= 15 is 0 Å². The number of methoxy groups -OCH3 is 1. The summed E-state index contributed by atoms with van der Waals surface area (Å²) >= 11 is 0. The van der Waals surface area contributed by atoms with Gasteiger partial charge >= 0.3 is 12.1 Å². The Bertz CT molecular complexity index is 1100. The maximum Gasteiger partial charge on any atom is 0.409 e. The Labute approximate surface area is 218 Å². The lowest BCUT2D eigenvalue weighted by atomic mass is 9.87. The van der Waals surface area contributed by atoms with Gasteiger partial charge < -0.3 is 19.1 Å². The molecule has 0 saturated heterocycles. The first-order chi connectivity index (χ1) is 17.8. The van der Waals surface area contributed by atoms with E-state index < -0.39 is 0 Å². The van der Waals surface area contributed by atoms with Gasteiger partial charge in [0.15, 0.2) is 0 Å². The van der Waals surface area contributed by atoms with Crippen molar-refractivity contribution in [2.75, 3.05) is 20.7 Å². The minimum atomic E-state index is -0.374. The van der Waals surface area contributed by atoms with E-state index in [4.69, 9.17) is 19.2 Å². The summed E-state index contributed by atoms with van der Waals surface area (Å²) in [5.74, 6) is 1.24.